The molecule has 28 heavy (non-hydrogen) atoms. The molecule has 0 amide bonds. The average molecular weight is 388 g/mol. The fourth-order valence-corrected chi connectivity index (χ4v) is 6.76. The lowest BCUT2D eigenvalue weighted by Crippen LogP contribution is -2.67. The number of carbonyl (C=O) groups is 1. The number of hydrogen-bond acceptors (Lipinski definition) is 6. The van der Waals surface area contributed by atoms with Crippen molar-refractivity contribution in [2.45, 2.75) is 63.4 Å². The number of epoxide rings is 1. The Bertz CT molecular complexity index is 817. The molecule has 1 aromatic heterocycles. The Labute approximate surface area is 164 Å². The Kier molecular flexibility index (Phi) is 3.67. The number of carbonyl (C=O) groups excluding carboxylic acids is 1. The molecule has 0 bridgehead atoms. The van der Waals surface area contributed by atoms with Crippen LogP contribution in [0.4, 0.5) is 0 Å². The maximum absolute atomic E-state index is 13.0. The molecule has 1 N–H and O–H groups in total. The Morgan fingerprint density at radius 2 is 2.18 bits per heavy atom. The van der Waals surface area contributed by atoms with Gasteiger partial charge in [0.1, 0.15) is 18.0 Å². The summed E-state index contributed by atoms with van der Waals surface area (Å²) in [6.07, 6.45) is 5.55. The Hall–Kier alpha value is -1.79. The van der Waals surface area contributed by atoms with Gasteiger partial charge < -0.3 is 23.7 Å². The van der Waals surface area contributed by atoms with Crippen LogP contribution in [0.25, 0.3) is 0 Å². The molecule has 4 fully saturated rings. The van der Waals surface area contributed by atoms with Crippen LogP contribution >= 0.6 is 0 Å². The average Bonchev–Trinajstić information content (AvgIpc) is 3.24. The van der Waals surface area contributed by atoms with E-state index in [1.807, 2.05) is 6.07 Å². The summed E-state index contributed by atoms with van der Waals surface area (Å²) in [6.45, 7) is 8.33. The van der Waals surface area contributed by atoms with E-state index in [4.69, 9.17) is 18.6 Å². The highest BCUT2D eigenvalue weighted by Gasteiger charge is 2.75. The molecule has 5 rings (SSSR count). The van der Waals surface area contributed by atoms with Crippen LogP contribution in [0.3, 0.4) is 0 Å². The first-order valence-corrected chi connectivity index (χ1v) is 10.1. The number of hydrogen-bond donors (Lipinski definition) is 1. The second-order valence-electron chi connectivity index (χ2n) is 9.48. The number of ether oxygens (including phenoxy) is 3. The third kappa shape index (κ3) is 2.08. The minimum absolute atomic E-state index is 0.0177. The van der Waals surface area contributed by atoms with Gasteiger partial charge in [-0.3, -0.25) is 4.79 Å². The molecule has 2 aliphatic heterocycles. The monoisotopic (exact) mass is 388 g/mol. The molecule has 4 aliphatic rings. The highest BCUT2D eigenvalue weighted by atomic mass is 16.6. The molecule has 6 nitrogen and oxygen atoms in total. The van der Waals surface area contributed by atoms with Crippen molar-refractivity contribution < 1.29 is 28.5 Å². The van der Waals surface area contributed by atoms with Crippen molar-refractivity contribution in [1.29, 1.82) is 0 Å². The number of esters is 1. The lowest BCUT2D eigenvalue weighted by atomic mass is 9.42. The summed E-state index contributed by atoms with van der Waals surface area (Å²) in [5, 5.41) is 11.8. The van der Waals surface area contributed by atoms with Gasteiger partial charge >= 0.3 is 5.97 Å². The van der Waals surface area contributed by atoms with Crippen molar-refractivity contribution in [1.82, 2.24) is 0 Å². The van der Waals surface area contributed by atoms with Gasteiger partial charge in [-0.2, -0.15) is 0 Å². The Balaban J connectivity index is 1.58. The summed E-state index contributed by atoms with van der Waals surface area (Å²) in [5.74, 6) is 0.125. The topological polar surface area (TPSA) is 81.4 Å². The standard InChI is InChI=1S/C22H28O6/c1-12(25-4)22(24)18-15(27-18)9-17-20(2)10-16(13-6-8-26-11-13)28-19(23)14(20)5-7-21(17,22)3/h6,8,11,14-18,24H,1,5,7,9-10H2,2-4H3/t14-,15-,16+,17+,18-,20-,21-,22-/m0/s1. The molecule has 2 aliphatic carbocycles. The minimum atomic E-state index is -1.25. The second-order valence-corrected chi connectivity index (χ2v) is 9.48. The highest BCUT2D eigenvalue weighted by Crippen LogP contribution is 2.70. The van der Waals surface area contributed by atoms with Crippen molar-refractivity contribution in [3.63, 3.8) is 0 Å². The van der Waals surface area contributed by atoms with Gasteiger partial charge in [0.05, 0.1) is 31.7 Å². The predicted molar refractivity (Wildman–Crippen MR) is 99.0 cm³/mol. The van der Waals surface area contributed by atoms with Gasteiger partial charge in [0, 0.05) is 11.0 Å². The van der Waals surface area contributed by atoms with Crippen LogP contribution in [0.2, 0.25) is 0 Å². The predicted octanol–water partition coefficient (Wildman–Crippen LogP) is 3.37. The van der Waals surface area contributed by atoms with Crippen LogP contribution in [-0.2, 0) is 19.0 Å². The number of cyclic esters (lactones) is 1. The molecule has 0 spiro atoms. The zero-order chi connectivity index (χ0) is 19.9. The number of furan rings is 1. The van der Waals surface area contributed by atoms with Crippen LogP contribution in [0.15, 0.2) is 35.3 Å². The van der Waals surface area contributed by atoms with E-state index < -0.39 is 11.0 Å². The van der Waals surface area contributed by atoms with Crippen LogP contribution in [0, 0.1) is 22.7 Å². The van der Waals surface area contributed by atoms with Crippen molar-refractivity contribution in [2.75, 3.05) is 7.11 Å². The van der Waals surface area contributed by atoms with E-state index in [1.54, 1.807) is 19.6 Å². The summed E-state index contributed by atoms with van der Waals surface area (Å²) in [5.41, 5.74) is -1.17. The summed E-state index contributed by atoms with van der Waals surface area (Å²) < 4.78 is 22.4. The molecule has 6 heteroatoms. The first-order valence-electron chi connectivity index (χ1n) is 10.1. The van der Waals surface area contributed by atoms with Gasteiger partial charge in [-0.1, -0.05) is 20.4 Å². The molecule has 2 saturated heterocycles. The molecule has 1 aromatic rings. The molecule has 152 valence electrons. The molecular formula is C22H28O6. The van der Waals surface area contributed by atoms with Gasteiger partial charge in [-0.25, -0.2) is 0 Å². The van der Waals surface area contributed by atoms with E-state index in [9.17, 15) is 9.90 Å². The summed E-state index contributed by atoms with van der Waals surface area (Å²) >= 11 is 0. The van der Waals surface area contributed by atoms with E-state index in [0.29, 0.717) is 25.0 Å². The van der Waals surface area contributed by atoms with Gasteiger partial charge in [0.2, 0.25) is 0 Å². The Morgan fingerprint density at radius 1 is 1.39 bits per heavy atom. The molecule has 8 atom stereocenters. The van der Waals surface area contributed by atoms with Crippen LogP contribution in [-0.4, -0.2) is 36.0 Å². The minimum Gasteiger partial charge on any atom is -0.499 e. The van der Waals surface area contributed by atoms with E-state index >= 15 is 0 Å². The maximum Gasteiger partial charge on any atom is 0.310 e. The van der Waals surface area contributed by atoms with E-state index in [1.165, 1.54) is 0 Å². The van der Waals surface area contributed by atoms with Gasteiger partial charge in [0.25, 0.3) is 0 Å². The maximum atomic E-state index is 13.0. The SMILES string of the molecule is C=C(OC)[C@]1(O)[C@H]2O[C@H]2C[C@@H]2[C@@]3(C)C[C@H](c4ccoc4)OC(=O)[C@@H]3CC[C@@]21C. The normalized spacial score (nSPS) is 49.3. The molecule has 3 heterocycles. The van der Waals surface area contributed by atoms with Crippen LogP contribution in [0.1, 0.15) is 51.2 Å². The number of fused-ring (bicyclic) bond motifs is 4. The molecule has 0 radical (unpaired) electrons. The van der Waals surface area contributed by atoms with Crippen molar-refractivity contribution in [3.8, 4) is 0 Å². The van der Waals surface area contributed by atoms with E-state index in [0.717, 1.165) is 12.0 Å². The molecule has 2 saturated carbocycles. The number of methoxy groups -OCH3 is 1. The zero-order valence-corrected chi connectivity index (χ0v) is 16.6. The smallest absolute Gasteiger partial charge is 0.310 e. The molecular weight excluding hydrogens is 360 g/mol. The highest BCUT2D eigenvalue weighted by molar-refractivity contribution is 5.75. The van der Waals surface area contributed by atoms with Crippen LogP contribution < -0.4 is 0 Å². The lowest BCUT2D eigenvalue weighted by Gasteiger charge is -2.63. The zero-order valence-electron chi connectivity index (χ0n) is 16.6. The fourth-order valence-electron chi connectivity index (χ4n) is 6.76. The van der Waals surface area contributed by atoms with Gasteiger partial charge in [0.15, 0.2) is 5.60 Å². The Morgan fingerprint density at radius 3 is 2.86 bits per heavy atom. The van der Waals surface area contributed by atoms with E-state index in [-0.39, 0.29) is 41.5 Å². The molecule has 0 unspecified atom stereocenters. The number of aliphatic hydroxyl groups is 1. The summed E-state index contributed by atoms with van der Waals surface area (Å²) in [4.78, 5) is 13.0. The van der Waals surface area contributed by atoms with Crippen LogP contribution in [0.5, 0.6) is 0 Å². The quantitative estimate of drug-likeness (QED) is 0.486. The third-order valence-electron chi connectivity index (χ3n) is 8.40. The fraction of sp³-hybridized carbons (Fsp3) is 0.682. The number of rotatable bonds is 3. The largest absolute Gasteiger partial charge is 0.499 e. The van der Waals surface area contributed by atoms with Gasteiger partial charge in [-0.15, -0.1) is 0 Å². The first-order chi connectivity index (χ1) is 13.3. The van der Waals surface area contributed by atoms with Crippen molar-refractivity contribution in [3.05, 3.63) is 36.5 Å². The molecule has 0 aromatic carbocycles. The van der Waals surface area contributed by atoms with E-state index in [2.05, 4.69) is 20.4 Å². The summed E-state index contributed by atoms with van der Waals surface area (Å²) in [6, 6.07) is 1.85. The van der Waals surface area contributed by atoms with Gasteiger partial charge in [-0.05, 0) is 43.1 Å². The van der Waals surface area contributed by atoms with Crippen molar-refractivity contribution >= 4 is 5.97 Å². The van der Waals surface area contributed by atoms with Crippen molar-refractivity contribution in [2.24, 2.45) is 22.7 Å². The second kappa shape index (κ2) is 5.63. The first kappa shape index (κ1) is 18.3. The lowest BCUT2D eigenvalue weighted by molar-refractivity contribution is -0.223. The third-order valence-corrected chi connectivity index (χ3v) is 8.40. The summed E-state index contributed by atoms with van der Waals surface area (Å²) in [7, 11) is 1.55.